The average Bonchev–Trinajstić information content (AvgIpc) is 2.37. The van der Waals surface area contributed by atoms with Gasteiger partial charge in [0.25, 0.3) is 0 Å². The molecule has 3 nitrogen and oxygen atoms in total. The molecule has 10 heavy (non-hydrogen) atoms. The standard InChI is InChI=1S/C7H10N2O/c1-2-9-4-3-7(6-9)5-8-10/h3-6,10H,2H2,1H3. The third-order valence-corrected chi connectivity index (χ3v) is 1.35. The van der Waals surface area contributed by atoms with Gasteiger partial charge in [0.15, 0.2) is 0 Å². The molecule has 0 saturated carbocycles. The highest BCUT2D eigenvalue weighted by Gasteiger charge is 1.89. The van der Waals surface area contributed by atoms with Gasteiger partial charge in [-0.3, -0.25) is 0 Å². The van der Waals surface area contributed by atoms with Crippen molar-refractivity contribution in [3.63, 3.8) is 0 Å². The largest absolute Gasteiger partial charge is 0.411 e. The van der Waals surface area contributed by atoms with Crippen molar-refractivity contribution >= 4 is 6.21 Å². The minimum Gasteiger partial charge on any atom is -0.411 e. The van der Waals surface area contributed by atoms with E-state index in [1.807, 2.05) is 23.0 Å². The Morgan fingerprint density at radius 1 is 1.80 bits per heavy atom. The molecular formula is C7H10N2O. The quantitative estimate of drug-likeness (QED) is 0.373. The van der Waals surface area contributed by atoms with Gasteiger partial charge in [0.2, 0.25) is 0 Å². The van der Waals surface area contributed by atoms with Gasteiger partial charge in [-0.25, -0.2) is 0 Å². The zero-order chi connectivity index (χ0) is 7.40. The molecule has 0 saturated heterocycles. The molecule has 1 rings (SSSR count). The summed E-state index contributed by atoms with van der Waals surface area (Å²) in [5.74, 6) is 0. The van der Waals surface area contributed by atoms with Crippen LogP contribution < -0.4 is 0 Å². The summed E-state index contributed by atoms with van der Waals surface area (Å²) in [6, 6.07) is 1.89. The minimum atomic E-state index is 0.921. The van der Waals surface area contributed by atoms with Gasteiger partial charge in [0, 0.05) is 24.5 Å². The van der Waals surface area contributed by atoms with Crippen LogP contribution in [-0.4, -0.2) is 16.0 Å². The molecule has 1 aromatic rings. The van der Waals surface area contributed by atoms with E-state index in [0.717, 1.165) is 12.1 Å². The first-order valence-electron chi connectivity index (χ1n) is 3.20. The van der Waals surface area contributed by atoms with Gasteiger partial charge in [-0.1, -0.05) is 5.16 Å². The summed E-state index contributed by atoms with van der Waals surface area (Å²) in [6.07, 6.45) is 5.27. The first kappa shape index (κ1) is 6.86. The van der Waals surface area contributed by atoms with Crippen molar-refractivity contribution in [3.05, 3.63) is 24.0 Å². The van der Waals surface area contributed by atoms with Crippen molar-refractivity contribution < 1.29 is 5.21 Å². The van der Waals surface area contributed by atoms with Gasteiger partial charge in [0.05, 0.1) is 6.21 Å². The van der Waals surface area contributed by atoms with Crippen LogP contribution in [0.5, 0.6) is 0 Å². The Balaban J connectivity index is 2.78. The maximum absolute atomic E-state index is 8.16. The van der Waals surface area contributed by atoms with E-state index >= 15 is 0 Å². The molecule has 0 amide bonds. The zero-order valence-electron chi connectivity index (χ0n) is 5.86. The molecule has 0 atom stereocenters. The van der Waals surface area contributed by atoms with Crippen LogP contribution >= 0.6 is 0 Å². The molecule has 0 aliphatic heterocycles. The van der Waals surface area contributed by atoms with E-state index in [2.05, 4.69) is 12.1 Å². The molecule has 0 aliphatic rings. The van der Waals surface area contributed by atoms with Crippen molar-refractivity contribution in [1.29, 1.82) is 0 Å². The monoisotopic (exact) mass is 138 g/mol. The third-order valence-electron chi connectivity index (χ3n) is 1.35. The van der Waals surface area contributed by atoms with Crippen LogP contribution in [0.15, 0.2) is 23.6 Å². The molecule has 0 spiro atoms. The molecule has 1 heterocycles. The van der Waals surface area contributed by atoms with Crippen molar-refractivity contribution in [3.8, 4) is 0 Å². The van der Waals surface area contributed by atoms with Gasteiger partial charge < -0.3 is 9.77 Å². The lowest BCUT2D eigenvalue weighted by atomic mass is 10.4. The van der Waals surface area contributed by atoms with Crippen LogP contribution in [0.4, 0.5) is 0 Å². The summed E-state index contributed by atoms with van der Waals surface area (Å²) in [5, 5.41) is 11.1. The lowest BCUT2D eigenvalue weighted by Gasteiger charge is -1.90. The fourth-order valence-electron chi connectivity index (χ4n) is 0.799. The number of rotatable bonds is 2. The van der Waals surface area contributed by atoms with Gasteiger partial charge in [-0.2, -0.15) is 0 Å². The van der Waals surface area contributed by atoms with Crippen LogP contribution in [0.3, 0.4) is 0 Å². The molecule has 0 fully saturated rings. The normalized spacial score (nSPS) is 10.9. The summed E-state index contributed by atoms with van der Waals surface area (Å²) in [7, 11) is 0. The highest BCUT2D eigenvalue weighted by Crippen LogP contribution is 1.96. The Morgan fingerprint density at radius 3 is 3.10 bits per heavy atom. The van der Waals surface area contributed by atoms with E-state index in [0.29, 0.717) is 0 Å². The third kappa shape index (κ3) is 1.37. The molecule has 54 valence electrons. The predicted octanol–water partition coefficient (Wildman–Crippen LogP) is 1.32. The number of nitrogens with zero attached hydrogens (tertiary/aromatic N) is 2. The van der Waals surface area contributed by atoms with Crippen LogP contribution in [0.25, 0.3) is 0 Å². The Morgan fingerprint density at radius 2 is 2.60 bits per heavy atom. The summed E-state index contributed by atoms with van der Waals surface area (Å²) >= 11 is 0. The highest BCUT2D eigenvalue weighted by atomic mass is 16.4. The van der Waals surface area contributed by atoms with Crippen LogP contribution in [-0.2, 0) is 6.54 Å². The van der Waals surface area contributed by atoms with E-state index < -0.39 is 0 Å². The van der Waals surface area contributed by atoms with E-state index in [1.54, 1.807) is 0 Å². The Bertz CT molecular complexity index is 227. The summed E-state index contributed by atoms with van der Waals surface area (Å²) in [4.78, 5) is 0. The highest BCUT2D eigenvalue weighted by molar-refractivity contribution is 5.78. The van der Waals surface area contributed by atoms with Crippen LogP contribution in [0.2, 0.25) is 0 Å². The smallest absolute Gasteiger partial charge is 0.0749 e. The molecule has 1 aromatic heterocycles. The minimum absolute atomic E-state index is 0.921. The lowest BCUT2D eigenvalue weighted by molar-refractivity contribution is 0.322. The SMILES string of the molecule is CCn1ccc(C=NO)c1. The van der Waals surface area contributed by atoms with Crippen LogP contribution in [0, 0.1) is 0 Å². The number of hydrogen-bond donors (Lipinski definition) is 1. The Hall–Kier alpha value is -1.25. The summed E-state index contributed by atoms with van der Waals surface area (Å²) in [6.45, 7) is 3.00. The first-order chi connectivity index (χ1) is 4.86. The molecule has 0 radical (unpaired) electrons. The summed E-state index contributed by atoms with van der Waals surface area (Å²) in [5.41, 5.74) is 0.921. The van der Waals surface area contributed by atoms with Crippen molar-refractivity contribution in [2.45, 2.75) is 13.5 Å². The summed E-state index contributed by atoms with van der Waals surface area (Å²) < 4.78 is 2.01. The van der Waals surface area contributed by atoms with Gasteiger partial charge in [-0.15, -0.1) is 0 Å². The number of oxime groups is 1. The van der Waals surface area contributed by atoms with Gasteiger partial charge in [0.1, 0.15) is 0 Å². The second kappa shape index (κ2) is 3.06. The molecule has 0 aliphatic carbocycles. The topological polar surface area (TPSA) is 37.5 Å². The first-order valence-corrected chi connectivity index (χ1v) is 3.20. The molecule has 1 N–H and O–H groups in total. The van der Waals surface area contributed by atoms with E-state index in [1.165, 1.54) is 6.21 Å². The maximum atomic E-state index is 8.16. The maximum Gasteiger partial charge on any atom is 0.0749 e. The molecular weight excluding hydrogens is 128 g/mol. The second-order valence-electron chi connectivity index (χ2n) is 2.02. The van der Waals surface area contributed by atoms with E-state index in [-0.39, 0.29) is 0 Å². The average molecular weight is 138 g/mol. The number of aryl methyl sites for hydroxylation is 1. The van der Waals surface area contributed by atoms with E-state index in [9.17, 15) is 0 Å². The fourth-order valence-corrected chi connectivity index (χ4v) is 0.799. The number of aromatic nitrogens is 1. The predicted molar refractivity (Wildman–Crippen MR) is 39.5 cm³/mol. The fraction of sp³-hybridized carbons (Fsp3) is 0.286. The second-order valence-corrected chi connectivity index (χ2v) is 2.02. The van der Waals surface area contributed by atoms with Crippen molar-refractivity contribution in [1.82, 2.24) is 4.57 Å². The molecule has 0 aromatic carbocycles. The number of hydrogen-bond acceptors (Lipinski definition) is 2. The zero-order valence-corrected chi connectivity index (χ0v) is 5.86. The lowest BCUT2D eigenvalue weighted by Crippen LogP contribution is -1.87. The van der Waals surface area contributed by atoms with Crippen LogP contribution in [0.1, 0.15) is 12.5 Å². The van der Waals surface area contributed by atoms with Crippen molar-refractivity contribution in [2.75, 3.05) is 0 Å². The Labute approximate surface area is 59.6 Å². The molecule has 3 heteroatoms. The molecule has 0 bridgehead atoms. The van der Waals surface area contributed by atoms with Gasteiger partial charge in [-0.05, 0) is 13.0 Å². The van der Waals surface area contributed by atoms with Gasteiger partial charge >= 0.3 is 0 Å². The van der Waals surface area contributed by atoms with E-state index in [4.69, 9.17) is 5.21 Å². The molecule has 0 unspecified atom stereocenters. The van der Waals surface area contributed by atoms with Crippen molar-refractivity contribution in [2.24, 2.45) is 5.16 Å². The Kier molecular flexibility index (Phi) is 2.10.